The van der Waals surface area contributed by atoms with Gasteiger partial charge in [0.1, 0.15) is 5.82 Å². The van der Waals surface area contributed by atoms with E-state index in [1.54, 1.807) is 6.33 Å². The van der Waals surface area contributed by atoms with Gasteiger partial charge in [-0.05, 0) is 19.8 Å². The first-order valence-electron chi connectivity index (χ1n) is 6.90. The largest absolute Gasteiger partial charge is 0.348 e. The van der Waals surface area contributed by atoms with Crippen molar-refractivity contribution in [2.24, 2.45) is 5.73 Å². The molecule has 2 aromatic rings. The van der Waals surface area contributed by atoms with Gasteiger partial charge in [-0.3, -0.25) is 0 Å². The van der Waals surface area contributed by atoms with E-state index in [1.165, 1.54) is 25.7 Å². The third-order valence-corrected chi connectivity index (χ3v) is 3.91. The van der Waals surface area contributed by atoms with Gasteiger partial charge in [0.05, 0.1) is 12.4 Å². The molecule has 6 nitrogen and oxygen atoms in total. The second-order valence-corrected chi connectivity index (χ2v) is 5.30. The minimum Gasteiger partial charge on any atom is -0.348 e. The van der Waals surface area contributed by atoms with Gasteiger partial charge in [-0.15, -0.1) is 10.2 Å². The predicted octanol–water partition coefficient (Wildman–Crippen LogP) is 1.67. The maximum absolute atomic E-state index is 6.30. The van der Waals surface area contributed by atoms with Crippen LogP contribution in [0, 0.1) is 6.92 Å². The van der Waals surface area contributed by atoms with Crippen molar-refractivity contribution in [3.63, 3.8) is 0 Å². The molecule has 3 rings (SSSR count). The molecule has 0 spiro atoms. The Kier molecular flexibility index (Phi) is 3.33. The quantitative estimate of drug-likeness (QED) is 0.875. The molecule has 1 aliphatic carbocycles. The van der Waals surface area contributed by atoms with Crippen LogP contribution in [0.2, 0.25) is 0 Å². The summed E-state index contributed by atoms with van der Waals surface area (Å²) in [6, 6.07) is 0.389. The van der Waals surface area contributed by atoms with Gasteiger partial charge in [-0.1, -0.05) is 12.8 Å². The van der Waals surface area contributed by atoms with Crippen LogP contribution in [-0.2, 0) is 6.42 Å². The van der Waals surface area contributed by atoms with E-state index < -0.39 is 0 Å². The lowest BCUT2D eigenvalue weighted by Gasteiger charge is -2.18. The van der Waals surface area contributed by atoms with Gasteiger partial charge in [-0.2, -0.15) is 0 Å². The summed E-state index contributed by atoms with van der Waals surface area (Å²) in [4.78, 5) is 7.11. The molecule has 1 fully saturated rings. The zero-order valence-corrected chi connectivity index (χ0v) is 11.2. The van der Waals surface area contributed by atoms with Gasteiger partial charge in [0.15, 0.2) is 5.82 Å². The van der Waals surface area contributed by atoms with Crippen LogP contribution in [0.3, 0.4) is 0 Å². The van der Waals surface area contributed by atoms with Crippen molar-refractivity contribution in [2.75, 3.05) is 0 Å². The Morgan fingerprint density at radius 2 is 2.21 bits per heavy atom. The molecule has 19 heavy (non-hydrogen) atoms. The zero-order chi connectivity index (χ0) is 13.2. The van der Waals surface area contributed by atoms with Crippen molar-refractivity contribution in [1.82, 2.24) is 24.7 Å². The number of aromatic amines is 1. The van der Waals surface area contributed by atoms with Gasteiger partial charge in [0, 0.05) is 24.4 Å². The second-order valence-electron chi connectivity index (χ2n) is 5.30. The zero-order valence-electron chi connectivity index (χ0n) is 11.2. The molecular formula is C13H20N6. The average molecular weight is 260 g/mol. The Morgan fingerprint density at radius 1 is 1.42 bits per heavy atom. The van der Waals surface area contributed by atoms with Gasteiger partial charge in [0.25, 0.3) is 0 Å². The number of aryl methyl sites for hydroxylation is 1. The Hall–Kier alpha value is -1.69. The summed E-state index contributed by atoms with van der Waals surface area (Å²) in [6.07, 6.45) is 9.20. The van der Waals surface area contributed by atoms with Crippen molar-refractivity contribution in [3.05, 3.63) is 29.9 Å². The molecule has 1 atom stereocenters. The number of rotatable bonds is 4. The number of aromatic nitrogens is 5. The van der Waals surface area contributed by atoms with Gasteiger partial charge in [-0.25, -0.2) is 4.98 Å². The number of hydrogen-bond donors (Lipinski definition) is 2. The summed E-state index contributed by atoms with van der Waals surface area (Å²) < 4.78 is 2.24. The predicted molar refractivity (Wildman–Crippen MR) is 71.5 cm³/mol. The van der Waals surface area contributed by atoms with E-state index in [2.05, 4.69) is 24.7 Å². The smallest absolute Gasteiger partial charge is 0.150 e. The van der Waals surface area contributed by atoms with Gasteiger partial charge < -0.3 is 15.3 Å². The van der Waals surface area contributed by atoms with Gasteiger partial charge >= 0.3 is 0 Å². The van der Waals surface area contributed by atoms with Crippen LogP contribution in [0.5, 0.6) is 0 Å². The highest BCUT2D eigenvalue weighted by atomic mass is 15.3. The average Bonchev–Trinajstić information content (AvgIpc) is 3.08. The Morgan fingerprint density at radius 3 is 2.89 bits per heavy atom. The normalized spacial score (nSPS) is 18.0. The molecule has 0 bridgehead atoms. The minimum absolute atomic E-state index is 0.137. The van der Waals surface area contributed by atoms with Crippen LogP contribution >= 0.6 is 0 Å². The SMILES string of the molecule is Cc1nnc([C@@H](N)Cc2cnc[nH]2)n1C1CCCC1. The van der Waals surface area contributed by atoms with Gasteiger partial charge in [0.2, 0.25) is 0 Å². The first-order chi connectivity index (χ1) is 9.25. The molecule has 2 heterocycles. The van der Waals surface area contributed by atoms with E-state index >= 15 is 0 Å². The van der Waals surface area contributed by atoms with Crippen LogP contribution in [0.15, 0.2) is 12.5 Å². The Bertz CT molecular complexity index is 523. The highest BCUT2D eigenvalue weighted by molar-refractivity contribution is 5.07. The molecule has 102 valence electrons. The summed E-state index contributed by atoms with van der Waals surface area (Å²) in [5.41, 5.74) is 7.33. The van der Waals surface area contributed by atoms with Crippen molar-refractivity contribution < 1.29 is 0 Å². The summed E-state index contributed by atoms with van der Waals surface area (Å²) in [6.45, 7) is 2.01. The number of H-pyrrole nitrogens is 1. The summed E-state index contributed by atoms with van der Waals surface area (Å²) in [5.74, 6) is 1.88. The molecular weight excluding hydrogens is 240 g/mol. The monoisotopic (exact) mass is 260 g/mol. The second kappa shape index (κ2) is 5.13. The first kappa shape index (κ1) is 12.3. The third kappa shape index (κ3) is 2.40. The van der Waals surface area contributed by atoms with Crippen molar-refractivity contribution in [1.29, 1.82) is 0 Å². The fourth-order valence-electron chi connectivity index (χ4n) is 2.98. The van der Waals surface area contributed by atoms with E-state index in [-0.39, 0.29) is 6.04 Å². The molecule has 1 aliphatic rings. The number of imidazole rings is 1. The van der Waals surface area contributed by atoms with Crippen LogP contribution in [0.25, 0.3) is 0 Å². The van der Waals surface area contributed by atoms with E-state index in [9.17, 15) is 0 Å². The van der Waals surface area contributed by atoms with Crippen LogP contribution in [0.4, 0.5) is 0 Å². The van der Waals surface area contributed by atoms with Crippen molar-refractivity contribution in [3.8, 4) is 0 Å². The van der Waals surface area contributed by atoms with Crippen LogP contribution < -0.4 is 5.73 Å². The molecule has 0 aliphatic heterocycles. The van der Waals surface area contributed by atoms with Crippen molar-refractivity contribution in [2.45, 2.75) is 51.1 Å². The third-order valence-electron chi connectivity index (χ3n) is 3.91. The maximum Gasteiger partial charge on any atom is 0.150 e. The first-order valence-corrected chi connectivity index (χ1v) is 6.90. The Balaban J connectivity index is 1.83. The minimum atomic E-state index is -0.137. The standard InChI is InChI=1S/C13H20N6/c1-9-17-18-13(19(9)11-4-2-3-5-11)12(14)6-10-7-15-8-16-10/h7-8,11-12H,2-6,14H2,1H3,(H,15,16)/t12-/m0/s1. The molecule has 6 heteroatoms. The number of hydrogen-bond acceptors (Lipinski definition) is 4. The lowest BCUT2D eigenvalue weighted by molar-refractivity contribution is 0.465. The van der Waals surface area contributed by atoms with Crippen LogP contribution in [-0.4, -0.2) is 24.7 Å². The van der Waals surface area contributed by atoms with E-state index in [1.807, 2.05) is 13.1 Å². The highest BCUT2D eigenvalue weighted by Gasteiger charge is 2.25. The van der Waals surface area contributed by atoms with E-state index in [4.69, 9.17) is 5.73 Å². The Labute approximate surface area is 112 Å². The summed E-state index contributed by atoms with van der Waals surface area (Å²) >= 11 is 0. The number of nitrogens with two attached hydrogens (primary N) is 1. The molecule has 0 radical (unpaired) electrons. The molecule has 1 saturated carbocycles. The fraction of sp³-hybridized carbons (Fsp3) is 0.615. The van der Waals surface area contributed by atoms with Crippen LogP contribution in [0.1, 0.15) is 55.1 Å². The topological polar surface area (TPSA) is 85.4 Å². The molecule has 3 N–H and O–H groups in total. The van der Waals surface area contributed by atoms with E-state index in [0.717, 1.165) is 17.3 Å². The maximum atomic E-state index is 6.30. The molecule has 0 unspecified atom stereocenters. The summed E-state index contributed by atoms with van der Waals surface area (Å²) in [7, 11) is 0. The highest BCUT2D eigenvalue weighted by Crippen LogP contribution is 2.32. The lowest BCUT2D eigenvalue weighted by atomic mass is 10.1. The van der Waals surface area contributed by atoms with Crippen molar-refractivity contribution >= 4 is 0 Å². The molecule has 0 aromatic carbocycles. The number of nitrogens with one attached hydrogen (secondary N) is 1. The molecule has 0 amide bonds. The fourth-order valence-corrected chi connectivity index (χ4v) is 2.98. The summed E-state index contributed by atoms with van der Waals surface area (Å²) in [5, 5.41) is 8.51. The number of nitrogens with zero attached hydrogens (tertiary/aromatic N) is 4. The van der Waals surface area contributed by atoms with E-state index in [0.29, 0.717) is 12.5 Å². The molecule has 0 saturated heterocycles. The molecule has 2 aromatic heterocycles. The lowest BCUT2D eigenvalue weighted by Crippen LogP contribution is -2.21.